The molecule has 6 heteroatoms. The van der Waals surface area contributed by atoms with Crippen LogP contribution >= 0.6 is 0 Å². The van der Waals surface area contributed by atoms with E-state index in [1.807, 2.05) is 53.4 Å². The highest BCUT2D eigenvalue weighted by Gasteiger charge is 2.54. The molecule has 38 heavy (non-hydrogen) atoms. The molecule has 1 amide bonds. The quantitative estimate of drug-likeness (QED) is 0.332. The summed E-state index contributed by atoms with van der Waals surface area (Å²) in [5.74, 6) is 0.968. The molecule has 6 nitrogen and oxygen atoms in total. The molecule has 0 N–H and O–H groups in total. The fourth-order valence-electron chi connectivity index (χ4n) is 6.63. The van der Waals surface area contributed by atoms with Gasteiger partial charge in [-0.05, 0) is 55.1 Å². The van der Waals surface area contributed by atoms with E-state index in [2.05, 4.69) is 37.5 Å². The molecule has 0 aromatic heterocycles. The van der Waals surface area contributed by atoms with Crippen LogP contribution in [0.5, 0.6) is 5.75 Å². The van der Waals surface area contributed by atoms with Crippen molar-refractivity contribution in [3.63, 3.8) is 0 Å². The van der Waals surface area contributed by atoms with Crippen molar-refractivity contribution in [1.29, 1.82) is 0 Å². The molecule has 1 aliphatic carbocycles. The molecule has 1 saturated carbocycles. The van der Waals surface area contributed by atoms with Crippen LogP contribution < -0.4 is 4.74 Å². The van der Waals surface area contributed by atoms with Crippen LogP contribution in [0, 0.1) is 11.8 Å². The van der Waals surface area contributed by atoms with Crippen molar-refractivity contribution >= 4 is 11.9 Å². The number of hydrogen-bond acceptors (Lipinski definition) is 5. The van der Waals surface area contributed by atoms with Crippen molar-refractivity contribution in [3.05, 3.63) is 78.4 Å². The SMILES string of the molecule is C=CCN1CCC2(c3cccc(OC)c3)CC(N(CC(C)C)C(=O)c3ccccc3)CC(OC(C)=O)C2C1. The van der Waals surface area contributed by atoms with Gasteiger partial charge in [0.1, 0.15) is 11.9 Å². The summed E-state index contributed by atoms with van der Waals surface area (Å²) in [5.41, 5.74) is 1.62. The molecular weight excluding hydrogens is 476 g/mol. The van der Waals surface area contributed by atoms with E-state index in [0.717, 1.165) is 38.2 Å². The Hall–Kier alpha value is -3.12. The molecule has 204 valence electrons. The molecule has 1 heterocycles. The Bertz CT molecular complexity index is 1120. The van der Waals surface area contributed by atoms with Crippen LogP contribution in [0.3, 0.4) is 0 Å². The lowest BCUT2D eigenvalue weighted by atomic mass is 9.56. The zero-order chi connectivity index (χ0) is 27.3. The highest BCUT2D eigenvalue weighted by molar-refractivity contribution is 5.94. The molecule has 2 aliphatic rings. The number of carbonyl (C=O) groups excluding carboxylic acids is 2. The number of likely N-dealkylation sites (tertiary alicyclic amines) is 1. The Balaban J connectivity index is 1.81. The number of piperidine rings is 1. The number of carbonyl (C=O) groups is 2. The van der Waals surface area contributed by atoms with Crippen LogP contribution in [0.1, 0.15) is 56.0 Å². The molecule has 2 fully saturated rings. The van der Waals surface area contributed by atoms with Gasteiger partial charge in [0, 0.05) is 55.9 Å². The Labute approximate surface area is 227 Å². The molecule has 0 spiro atoms. The van der Waals surface area contributed by atoms with E-state index in [9.17, 15) is 9.59 Å². The summed E-state index contributed by atoms with van der Waals surface area (Å²) in [5, 5.41) is 0. The molecule has 0 bridgehead atoms. The first-order valence-corrected chi connectivity index (χ1v) is 13.8. The van der Waals surface area contributed by atoms with Gasteiger partial charge in [-0.1, -0.05) is 50.3 Å². The van der Waals surface area contributed by atoms with Gasteiger partial charge >= 0.3 is 5.97 Å². The average Bonchev–Trinajstić information content (AvgIpc) is 2.91. The van der Waals surface area contributed by atoms with Gasteiger partial charge in [0.05, 0.1) is 7.11 Å². The molecule has 4 unspecified atom stereocenters. The minimum absolute atomic E-state index is 0.0363. The van der Waals surface area contributed by atoms with Crippen molar-refractivity contribution in [1.82, 2.24) is 9.80 Å². The lowest BCUT2D eigenvalue weighted by Gasteiger charge is -2.56. The maximum atomic E-state index is 13.9. The maximum Gasteiger partial charge on any atom is 0.302 e. The number of esters is 1. The number of methoxy groups -OCH3 is 1. The van der Waals surface area contributed by atoms with Gasteiger partial charge in [-0.15, -0.1) is 6.58 Å². The van der Waals surface area contributed by atoms with E-state index >= 15 is 0 Å². The van der Waals surface area contributed by atoms with Crippen LogP contribution in [0.2, 0.25) is 0 Å². The van der Waals surface area contributed by atoms with Crippen molar-refractivity contribution in [3.8, 4) is 5.75 Å². The number of fused-ring (bicyclic) bond motifs is 1. The highest BCUT2D eigenvalue weighted by atomic mass is 16.5. The van der Waals surface area contributed by atoms with Crippen LogP contribution in [0.4, 0.5) is 0 Å². The van der Waals surface area contributed by atoms with Crippen LogP contribution in [0.25, 0.3) is 0 Å². The van der Waals surface area contributed by atoms with Gasteiger partial charge in [-0.2, -0.15) is 0 Å². The molecular formula is C32H42N2O4. The van der Waals surface area contributed by atoms with Crippen LogP contribution in [-0.2, 0) is 14.9 Å². The van der Waals surface area contributed by atoms with E-state index in [4.69, 9.17) is 9.47 Å². The fraction of sp³-hybridized carbons (Fsp3) is 0.500. The smallest absolute Gasteiger partial charge is 0.302 e. The number of amides is 1. The molecule has 4 atom stereocenters. The van der Waals surface area contributed by atoms with Crippen LogP contribution in [0.15, 0.2) is 67.3 Å². The maximum absolute atomic E-state index is 13.9. The third kappa shape index (κ3) is 5.96. The topological polar surface area (TPSA) is 59.1 Å². The standard InChI is InChI=1S/C32H42N2O4/c1-6-16-33-17-15-32(26-13-10-14-28(18-26)37-5)20-27(19-30(29(32)22-33)38-24(4)35)34(21-23(2)3)31(36)25-11-8-7-9-12-25/h6-14,18,23,27,29-30H,1,15-17,19-22H2,2-5H3. The van der Waals surface area contributed by atoms with Crippen molar-refractivity contribution < 1.29 is 19.1 Å². The third-order valence-electron chi connectivity index (χ3n) is 8.23. The number of hydrogen-bond donors (Lipinski definition) is 0. The van der Waals surface area contributed by atoms with E-state index in [1.54, 1.807) is 7.11 Å². The molecule has 1 saturated heterocycles. The van der Waals surface area contributed by atoms with Gasteiger partial charge in [0.15, 0.2) is 0 Å². The van der Waals surface area contributed by atoms with E-state index in [-0.39, 0.29) is 35.4 Å². The normalized spacial score (nSPS) is 25.3. The number of rotatable bonds is 9. The largest absolute Gasteiger partial charge is 0.497 e. The van der Waals surface area contributed by atoms with Gasteiger partial charge in [-0.25, -0.2) is 0 Å². The second-order valence-electron chi connectivity index (χ2n) is 11.3. The first-order chi connectivity index (χ1) is 18.3. The predicted molar refractivity (Wildman–Crippen MR) is 150 cm³/mol. The minimum Gasteiger partial charge on any atom is -0.497 e. The summed E-state index contributed by atoms with van der Waals surface area (Å²) >= 11 is 0. The monoisotopic (exact) mass is 518 g/mol. The summed E-state index contributed by atoms with van der Waals surface area (Å²) < 4.78 is 11.7. The Morgan fingerprint density at radius 2 is 1.95 bits per heavy atom. The second kappa shape index (κ2) is 12.2. The lowest BCUT2D eigenvalue weighted by Crippen LogP contribution is -2.62. The Kier molecular flexibility index (Phi) is 8.93. The van der Waals surface area contributed by atoms with Gasteiger partial charge in [0.25, 0.3) is 5.91 Å². The van der Waals surface area contributed by atoms with Crippen molar-refractivity contribution in [2.24, 2.45) is 11.8 Å². The third-order valence-corrected chi connectivity index (χ3v) is 8.23. The summed E-state index contributed by atoms with van der Waals surface area (Å²) in [6.45, 7) is 12.9. The van der Waals surface area contributed by atoms with Crippen molar-refractivity contribution in [2.75, 3.05) is 33.3 Å². The Morgan fingerprint density at radius 1 is 1.18 bits per heavy atom. The van der Waals surface area contributed by atoms with Gasteiger partial charge in [0.2, 0.25) is 0 Å². The number of nitrogens with zero attached hydrogens (tertiary/aromatic N) is 2. The zero-order valence-corrected chi connectivity index (χ0v) is 23.3. The fourth-order valence-corrected chi connectivity index (χ4v) is 6.63. The average molecular weight is 519 g/mol. The van der Waals surface area contributed by atoms with Gasteiger partial charge < -0.3 is 14.4 Å². The first kappa shape index (κ1) is 27.9. The second-order valence-corrected chi connectivity index (χ2v) is 11.3. The minimum atomic E-state index is -0.302. The number of ether oxygens (including phenoxy) is 2. The molecule has 0 radical (unpaired) electrons. The summed E-state index contributed by atoms with van der Waals surface area (Å²) in [6, 6.07) is 17.8. The number of benzene rings is 2. The van der Waals surface area contributed by atoms with E-state index in [0.29, 0.717) is 24.4 Å². The predicted octanol–water partition coefficient (Wildman–Crippen LogP) is 5.33. The van der Waals surface area contributed by atoms with Gasteiger partial charge in [-0.3, -0.25) is 14.5 Å². The van der Waals surface area contributed by atoms with Crippen molar-refractivity contribution in [2.45, 2.75) is 57.6 Å². The summed E-state index contributed by atoms with van der Waals surface area (Å²) in [7, 11) is 1.69. The summed E-state index contributed by atoms with van der Waals surface area (Å²) in [6.07, 6.45) is 3.98. The Morgan fingerprint density at radius 3 is 2.61 bits per heavy atom. The molecule has 1 aliphatic heterocycles. The lowest BCUT2D eigenvalue weighted by molar-refractivity contribution is -0.158. The highest BCUT2D eigenvalue weighted by Crippen LogP contribution is 2.51. The first-order valence-electron chi connectivity index (χ1n) is 13.8. The molecule has 4 rings (SSSR count). The van der Waals surface area contributed by atoms with Crippen LogP contribution in [-0.4, -0.2) is 67.1 Å². The molecule has 2 aromatic rings. The molecule has 2 aromatic carbocycles. The van der Waals surface area contributed by atoms with E-state index in [1.165, 1.54) is 12.5 Å². The van der Waals surface area contributed by atoms with E-state index < -0.39 is 0 Å². The summed E-state index contributed by atoms with van der Waals surface area (Å²) in [4.78, 5) is 30.8. The zero-order valence-electron chi connectivity index (χ0n) is 23.3.